The highest BCUT2D eigenvalue weighted by atomic mass is 32.1. The maximum absolute atomic E-state index is 11.5. The fourth-order valence-corrected chi connectivity index (χ4v) is 1.52. The second-order valence-electron chi connectivity index (χ2n) is 2.91. The number of nitrogens with zero attached hydrogens (tertiary/aromatic N) is 2. The van der Waals surface area contributed by atoms with Crippen LogP contribution in [0.2, 0.25) is 0 Å². The van der Waals surface area contributed by atoms with Gasteiger partial charge >= 0.3 is 0 Å². The van der Waals surface area contributed by atoms with E-state index >= 15 is 0 Å². The Morgan fingerprint density at radius 3 is 3.00 bits per heavy atom. The Kier molecular flexibility index (Phi) is 3.39. The number of thiazole rings is 1. The van der Waals surface area contributed by atoms with Gasteiger partial charge in [0.1, 0.15) is 5.69 Å². The van der Waals surface area contributed by atoms with Crippen LogP contribution in [0.25, 0.3) is 0 Å². The molecule has 1 N–H and O–H groups in total. The summed E-state index contributed by atoms with van der Waals surface area (Å²) in [6.07, 6.45) is -0.507. The predicted molar refractivity (Wildman–Crippen MR) is 50.8 cm³/mol. The van der Waals surface area contributed by atoms with Crippen LogP contribution in [0.5, 0.6) is 0 Å². The number of carbonyl (C=O) groups excluding carboxylic acids is 1. The Morgan fingerprint density at radius 2 is 2.54 bits per heavy atom. The van der Waals surface area contributed by atoms with Crippen molar-refractivity contribution in [3.8, 4) is 0 Å². The van der Waals surface area contributed by atoms with Crippen molar-refractivity contribution in [3.05, 3.63) is 16.6 Å². The SMILES string of the molecule is CC(O)CN(C)C(=O)c1cscn1. The fourth-order valence-electron chi connectivity index (χ4n) is 0.993. The summed E-state index contributed by atoms with van der Waals surface area (Å²) in [6, 6.07) is 0. The zero-order valence-electron chi connectivity index (χ0n) is 7.60. The molecular formula is C8H12N2O2S. The molecule has 5 heteroatoms. The Balaban J connectivity index is 2.58. The normalized spacial score (nSPS) is 12.5. The largest absolute Gasteiger partial charge is 0.392 e. The van der Waals surface area contributed by atoms with Crippen LogP contribution >= 0.6 is 11.3 Å². The van der Waals surface area contributed by atoms with Crippen molar-refractivity contribution < 1.29 is 9.90 Å². The van der Waals surface area contributed by atoms with Crippen LogP contribution in [0, 0.1) is 0 Å². The van der Waals surface area contributed by atoms with E-state index in [9.17, 15) is 4.79 Å². The van der Waals surface area contributed by atoms with Crippen LogP contribution in [0.1, 0.15) is 17.4 Å². The highest BCUT2D eigenvalue weighted by Gasteiger charge is 2.14. The van der Waals surface area contributed by atoms with Gasteiger partial charge in [0.25, 0.3) is 5.91 Å². The smallest absolute Gasteiger partial charge is 0.273 e. The third-order valence-electron chi connectivity index (χ3n) is 1.54. The van der Waals surface area contributed by atoms with Gasteiger partial charge in [0.05, 0.1) is 11.6 Å². The van der Waals surface area contributed by atoms with Gasteiger partial charge in [-0.15, -0.1) is 11.3 Å². The van der Waals surface area contributed by atoms with Crippen LogP contribution in [0.4, 0.5) is 0 Å². The van der Waals surface area contributed by atoms with Gasteiger partial charge in [-0.2, -0.15) is 0 Å². The number of amides is 1. The summed E-state index contributed by atoms with van der Waals surface area (Å²) in [5.41, 5.74) is 2.05. The van der Waals surface area contributed by atoms with Crippen LogP contribution in [0.3, 0.4) is 0 Å². The monoisotopic (exact) mass is 200 g/mol. The Hall–Kier alpha value is -0.940. The van der Waals surface area contributed by atoms with Crippen molar-refractivity contribution in [2.75, 3.05) is 13.6 Å². The molecule has 1 aromatic rings. The molecule has 0 saturated carbocycles. The first-order chi connectivity index (χ1) is 6.11. The second kappa shape index (κ2) is 4.34. The van der Waals surface area contributed by atoms with Gasteiger partial charge in [0.2, 0.25) is 0 Å². The Labute approximate surface area is 80.8 Å². The van der Waals surface area contributed by atoms with E-state index in [4.69, 9.17) is 5.11 Å². The van der Waals surface area contributed by atoms with Crippen molar-refractivity contribution in [1.82, 2.24) is 9.88 Å². The molecule has 13 heavy (non-hydrogen) atoms. The van der Waals surface area contributed by atoms with E-state index in [1.807, 2.05) is 0 Å². The summed E-state index contributed by atoms with van der Waals surface area (Å²) in [5.74, 6) is -0.151. The molecule has 1 atom stereocenters. The van der Waals surface area contributed by atoms with Gasteiger partial charge in [-0.1, -0.05) is 0 Å². The van der Waals surface area contributed by atoms with E-state index in [1.54, 1.807) is 24.9 Å². The molecule has 0 aliphatic carbocycles. The van der Waals surface area contributed by atoms with Crippen LogP contribution in [-0.4, -0.2) is 40.6 Å². The highest BCUT2D eigenvalue weighted by Crippen LogP contribution is 2.04. The fraction of sp³-hybridized carbons (Fsp3) is 0.500. The summed E-state index contributed by atoms with van der Waals surface area (Å²) in [5, 5.41) is 10.8. The summed E-state index contributed by atoms with van der Waals surface area (Å²) < 4.78 is 0. The number of rotatable bonds is 3. The van der Waals surface area contributed by atoms with E-state index in [0.29, 0.717) is 12.2 Å². The van der Waals surface area contributed by atoms with Crippen molar-refractivity contribution in [3.63, 3.8) is 0 Å². The number of aliphatic hydroxyl groups is 1. The molecule has 1 aromatic heterocycles. The molecule has 0 fully saturated rings. The summed E-state index contributed by atoms with van der Waals surface area (Å²) in [4.78, 5) is 16.8. The molecule has 0 radical (unpaired) electrons. The molecule has 0 spiro atoms. The molecular weight excluding hydrogens is 188 g/mol. The molecule has 72 valence electrons. The van der Waals surface area contributed by atoms with Crippen molar-refractivity contribution >= 4 is 17.2 Å². The highest BCUT2D eigenvalue weighted by molar-refractivity contribution is 7.07. The van der Waals surface area contributed by atoms with Gasteiger partial charge in [0, 0.05) is 19.0 Å². The number of carbonyl (C=O) groups is 1. The molecule has 0 saturated heterocycles. The molecule has 0 aromatic carbocycles. The minimum atomic E-state index is -0.507. The molecule has 4 nitrogen and oxygen atoms in total. The first-order valence-corrected chi connectivity index (χ1v) is 4.87. The van der Waals surface area contributed by atoms with E-state index < -0.39 is 6.10 Å². The minimum Gasteiger partial charge on any atom is -0.392 e. The number of aliphatic hydroxyl groups excluding tert-OH is 1. The predicted octanol–water partition coefficient (Wildman–Crippen LogP) is 0.596. The summed E-state index contributed by atoms with van der Waals surface area (Å²) in [7, 11) is 1.65. The zero-order chi connectivity index (χ0) is 9.84. The summed E-state index contributed by atoms with van der Waals surface area (Å²) in [6.45, 7) is 1.97. The van der Waals surface area contributed by atoms with Gasteiger partial charge in [-0.3, -0.25) is 4.79 Å². The lowest BCUT2D eigenvalue weighted by atomic mass is 10.3. The minimum absolute atomic E-state index is 0.151. The van der Waals surface area contributed by atoms with Crippen molar-refractivity contribution in [2.24, 2.45) is 0 Å². The molecule has 1 rings (SSSR count). The average molecular weight is 200 g/mol. The topological polar surface area (TPSA) is 53.4 Å². The van der Waals surface area contributed by atoms with E-state index in [1.165, 1.54) is 16.2 Å². The molecule has 1 amide bonds. The molecule has 0 bridgehead atoms. The first-order valence-electron chi connectivity index (χ1n) is 3.93. The number of likely N-dealkylation sites (N-methyl/N-ethyl adjacent to an activating group) is 1. The maximum atomic E-state index is 11.5. The molecule has 0 aliphatic heterocycles. The van der Waals surface area contributed by atoms with E-state index in [2.05, 4.69) is 4.98 Å². The number of aromatic nitrogens is 1. The Morgan fingerprint density at radius 1 is 1.85 bits per heavy atom. The number of hydrogen-bond donors (Lipinski definition) is 1. The zero-order valence-corrected chi connectivity index (χ0v) is 8.41. The standard InChI is InChI=1S/C8H12N2O2S/c1-6(11)3-10(2)8(12)7-4-13-5-9-7/h4-6,11H,3H2,1-2H3. The van der Waals surface area contributed by atoms with Gasteiger partial charge in [0.15, 0.2) is 0 Å². The van der Waals surface area contributed by atoms with Gasteiger partial charge in [-0.05, 0) is 6.92 Å². The third-order valence-corrected chi connectivity index (χ3v) is 2.12. The third kappa shape index (κ3) is 2.78. The van der Waals surface area contributed by atoms with Crippen LogP contribution < -0.4 is 0 Å². The maximum Gasteiger partial charge on any atom is 0.273 e. The Bertz CT molecular complexity index is 272. The summed E-state index contributed by atoms with van der Waals surface area (Å²) >= 11 is 1.38. The molecule has 0 aliphatic rings. The average Bonchev–Trinajstić information content (AvgIpc) is 2.53. The second-order valence-corrected chi connectivity index (χ2v) is 3.63. The number of hydrogen-bond acceptors (Lipinski definition) is 4. The van der Waals surface area contributed by atoms with Crippen molar-refractivity contribution in [1.29, 1.82) is 0 Å². The molecule has 1 heterocycles. The van der Waals surface area contributed by atoms with Gasteiger partial charge in [-0.25, -0.2) is 4.98 Å². The van der Waals surface area contributed by atoms with Crippen LogP contribution in [0.15, 0.2) is 10.9 Å². The quantitative estimate of drug-likeness (QED) is 0.777. The van der Waals surface area contributed by atoms with E-state index in [0.717, 1.165) is 0 Å². The van der Waals surface area contributed by atoms with Crippen molar-refractivity contribution in [2.45, 2.75) is 13.0 Å². The van der Waals surface area contributed by atoms with E-state index in [-0.39, 0.29) is 5.91 Å². The lowest BCUT2D eigenvalue weighted by molar-refractivity contribution is 0.0699. The first kappa shape index (κ1) is 10.1. The lowest BCUT2D eigenvalue weighted by Gasteiger charge is -2.17. The molecule has 1 unspecified atom stereocenters. The van der Waals surface area contributed by atoms with Crippen LogP contribution in [-0.2, 0) is 0 Å². The lowest BCUT2D eigenvalue weighted by Crippen LogP contribution is -2.33. The van der Waals surface area contributed by atoms with Gasteiger partial charge < -0.3 is 10.0 Å².